The molecule has 6 rings (SSSR count). The molecule has 0 fully saturated rings. The van der Waals surface area contributed by atoms with Crippen LogP contribution in [0.1, 0.15) is 15.9 Å². The normalized spacial score (nSPS) is 12.1. The van der Waals surface area contributed by atoms with Crippen LogP contribution in [0.2, 0.25) is 0 Å². The van der Waals surface area contributed by atoms with Crippen LogP contribution in [0.4, 0.5) is 11.4 Å². The molecule has 0 amide bonds. The molecule has 168 valence electrons. The zero-order valence-electron chi connectivity index (χ0n) is 18.8. The summed E-state index contributed by atoms with van der Waals surface area (Å²) in [5.74, 6) is -0.0510. The van der Waals surface area contributed by atoms with E-state index < -0.39 is 0 Å². The molecule has 0 bridgehead atoms. The Morgan fingerprint density at radius 2 is 1.51 bits per heavy atom. The third-order valence-corrected chi connectivity index (χ3v) is 7.02. The number of aromatic nitrogens is 2. The van der Waals surface area contributed by atoms with Gasteiger partial charge in [-0.2, -0.15) is 5.10 Å². The van der Waals surface area contributed by atoms with Crippen LogP contribution in [0.5, 0.6) is 0 Å². The van der Waals surface area contributed by atoms with Gasteiger partial charge in [-0.1, -0.05) is 72.4 Å². The van der Waals surface area contributed by atoms with E-state index >= 15 is 0 Å². The molecule has 1 aliphatic rings. The van der Waals surface area contributed by atoms with Crippen molar-refractivity contribution in [3.8, 4) is 16.9 Å². The Morgan fingerprint density at radius 3 is 2.34 bits per heavy atom. The van der Waals surface area contributed by atoms with Gasteiger partial charge in [-0.05, 0) is 54.6 Å². The quantitative estimate of drug-likeness (QED) is 0.207. The predicted octanol–water partition coefficient (Wildman–Crippen LogP) is 7.64. The van der Waals surface area contributed by atoms with Gasteiger partial charge < -0.3 is 5.32 Å². The van der Waals surface area contributed by atoms with Gasteiger partial charge >= 0.3 is 0 Å². The first-order chi connectivity index (χ1) is 17.2. The minimum absolute atomic E-state index is 0.0510. The summed E-state index contributed by atoms with van der Waals surface area (Å²) in [6.45, 7) is 0. The highest BCUT2D eigenvalue weighted by atomic mass is 32.2. The minimum atomic E-state index is -0.0510. The molecule has 0 saturated heterocycles. The summed E-state index contributed by atoms with van der Waals surface area (Å²) in [5.41, 5.74) is 6.34. The molecule has 1 N–H and O–H groups in total. The summed E-state index contributed by atoms with van der Waals surface area (Å²) in [4.78, 5) is 15.4. The topological polar surface area (TPSA) is 46.9 Å². The van der Waals surface area contributed by atoms with Crippen molar-refractivity contribution in [3.05, 3.63) is 127 Å². The number of fused-ring (bicyclic) bond motifs is 2. The van der Waals surface area contributed by atoms with E-state index in [1.165, 1.54) is 4.90 Å². The molecule has 35 heavy (non-hydrogen) atoms. The summed E-state index contributed by atoms with van der Waals surface area (Å²) in [5, 5.41) is 8.27. The number of hydrogen-bond acceptors (Lipinski definition) is 4. The molecule has 0 spiro atoms. The molecule has 1 aromatic heterocycles. The highest BCUT2D eigenvalue weighted by molar-refractivity contribution is 7.99. The van der Waals surface area contributed by atoms with E-state index in [1.807, 2.05) is 108 Å². The summed E-state index contributed by atoms with van der Waals surface area (Å²) in [6.07, 6.45) is 5.45. The Hall–Kier alpha value is -4.35. The van der Waals surface area contributed by atoms with Crippen molar-refractivity contribution in [2.24, 2.45) is 0 Å². The van der Waals surface area contributed by atoms with E-state index in [0.29, 0.717) is 5.56 Å². The average Bonchev–Trinajstić information content (AvgIpc) is 3.35. The van der Waals surface area contributed by atoms with Crippen LogP contribution in [-0.2, 0) is 0 Å². The molecule has 4 aromatic carbocycles. The van der Waals surface area contributed by atoms with Crippen LogP contribution in [-0.4, -0.2) is 15.6 Å². The molecule has 0 radical (unpaired) electrons. The number of hydrogen-bond donors (Lipinski definition) is 1. The molecule has 0 atom stereocenters. The van der Waals surface area contributed by atoms with Gasteiger partial charge in [0.1, 0.15) is 0 Å². The molecule has 0 unspecified atom stereocenters. The molecule has 0 aliphatic carbocycles. The van der Waals surface area contributed by atoms with Gasteiger partial charge in [0.2, 0.25) is 0 Å². The lowest BCUT2D eigenvalue weighted by Crippen LogP contribution is -2.02. The number of carbonyl (C=O) groups is 1. The second-order valence-electron chi connectivity index (χ2n) is 8.21. The molecular weight excluding hydrogens is 450 g/mol. The van der Waals surface area contributed by atoms with Gasteiger partial charge in [-0.25, -0.2) is 4.68 Å². The summed E-state index contributed by atoms with van der Waals surface area (Å²) < 4.78 is 1.85. The van der Waals surface area contributed by atoms with Crippen molar-refractivity contribution in [2.75, 3.05) is 5.32 Å². The lowest BCUT2D eigenvalue weighted by atomic mass is 10.1. The van der Waals surface area contributed by atoms with E-state index in [0.717, 1.165) is 38.8 Å². The van der Waals surface area contributed by atoms with Crippen LogP contribution < -0.4 is 5.32 Å². The Morgan fingerprint density at radius 1 is 0.800 bits per heavy atom. The van der Waals surface area contributed by atoms with Gasteiger partial charge in [-0.15, -0.1) is 0 Å². The zero-order valence-corrected chi connectivity index (χ0v) is 19.6. The molecule has 2 heterocycles. The van der Waals surface area contributed by atoms with Crippen molar-refractivity contribution in [3.63, 3.8) is 0 Å². The van der Waals surface area contributed by atoms with Gasteiger partial charge in [0, 0.05) is 32.7 Å². The Balaban J connectivity index is 1.31. The third-order valence-electron chi connectivity index (χ3n) is 5.87. The van der Waals surface area contributed by atoms with E-state index in [1.54, 1.807) is 17.8 Å². The van der Waals surface area contributed by atoms with Crippen molar-refractivity contribution < 1.29 is 4.79 Å². The maximum absolute atomic E-state index is 13.1. The number of anilines is 2. The number of benzene rings is 4. The number of nitrogens with zero attached hydrogens (tertiary/aromatic N) is 2. The fourth-order valence-electron chi connectivity index (χ4n) is 4.10. The number of para-hydroxylation sites is 2. The summed E-state index contributed by atoms with van der Waals surface area (Å²) in [7, 11) is 0. The van der Waals surface area contributed by atoms with Crippen molar-refractivity contribution in [2.45, 2.75) is 9.79 Å². The van der Waals surface area contributed by atoms with Gasteiger partial charge in [0.05, 0.1) is 22.8 Å². The molecule has 5 heteroatoms. The predicted molar refractivity (Wildman–Crippen MR) is 143 cm³/mol. The van der Waals surface area contributed by atoms with Crippen LogP contribution in [0, 0.1) is 0 Å². The first-order valence-electron chi connectivity index (χ1n) is 11.4. The zero-order chi connectivity index (χ0) is 23.6. The SMILES string of the molecule is O=C(/C=C/c1cn(-c2ccccc2)nc1-c1ccccc1)c1ccc2c(c1)Nc1ccccc1S2. The number of carbonyl (C=O) groups excluding carboxylic acids is 1. The molecule has 5 aromatic rings. The smallest absolute Gasteiger partial charge is 0.185 e. The standard InChI is InChI=1S/C30H21N3OS/c34-27(22-16-18-29-26(19-22)31-25-13-7-8-14-28(25)35-29)17-15-23-20-33(24-11-5-2-6-12-24)32-30(23)21-9-3-1-4-10-21/h1-20,31H/b17-15+. The number of nitrogens with one attached hydrogen (secondary N) is 1. The second-order valence-corrected chi connectivity index (χ2v) is 9.29. The number of allylic oxidation sites excluding steroid dienone is 1. The fourth-order valence-corrected chi connectivity index (χ4v) is 5.07. The van der Waals surface area contributed by atoms with Gasteiger partial charge in [-0.3, -0.25) is 4.79 Å². The number of ketones is 1. The van der Waals surface area contributed by atoms with Crippen LogP contribution in [0.15, 0.2) is 125 Å². The third kappa shape index (κ3) is 4.29. The maximum atomic E-state index is 13.1. The van der Waals surface area contributed by atoms with Crippen molar-refractivity contribution in [1.82, 2.24) is 9.78 Å². The van der Waals surface area contributed by atoms with Gasteiger partial charge in [0.15, 0.2) is 5.78 Å². The van der Waals surface area contributed by atoms with Crippen LogP contribution >= 0.6 is 11.8 Å². The molecule has 4 nitrogen and oxygen atoms in total. The summed E-state index contributed by atoms with van der Waals surface area (Å²) in [6, 6.07) is 34.0. The highest BCUT2D eigenvalue weighted by Crippen LogP contribution is 2.44. The number of rotatable bonds is 5. The maximum Gasteiger partial charge on any atom is 0.185 e. The summed E-state index contributed by atoms with van der Waals surface area (Å²) >= 11 is 1.71. The van der Waals surface area contributed by atoms with Crippen molar-refractivity contribution >= 4 is 35.0 Å². The van der Waals surface area contributed by atoms with Gasteiger partial charge in [0.25, 0.3) is 0 Å². The Labute approximate surface area is 208 Å². The van der Waals surface area contributed by atoms with E-state index in [2.05, 4.69) is 17.4 Å². The van der Waals surface area contributed by atoms with Crippen LogP contribution in [0.25, 0.3) is 23.0 Å². The van der Waals surface area contributed by atoms with E-state index in [9.17, 15) is 4.79 Å². The second kappa shape index (κ2) is 9.12. The molecule has 0 saturated carbocycles. The Kier molecular flexibility index (Phi) is 5.53. The molecular formula is C30H21N3OS. The van der Waals surface area contributed by atoms with E-state index in [4.69, 9.17) is 5.10 Å². The first kappa shape index (κ1) is 21.2. The highest BCUT2D eigenvalue weighted by Gasteiger charge is 2.17. The van der Waals surface area contributed by atoms with E-state index in [-0.39, 0.29) is 5.78 Å². The average molecular weight is 472 g/mol. The van der Waals surface area contributed by atoms with Crippen LogP contribution in [0.3, 0.4) is 0 Å². The Bertz CT molecular complexity index is 1560. The molecule has 1 aliphatic heterocycles. The minimum Gasteiger partial charge on any atom is -0.354 e. The van der Waals surface area contributed by atoms with Crippen molar-refractivity contribution in [1.29, 1.82) is 0 Å². The lowest BCUT2D eigenvalue weighted by Gasteiger charge is -2.20. The largest absolute Gasteiger partial charge is 0.354 e. The lowest BCUT2D eigenvalue weighted by molar-refractivity contribution is 0.104. The first-order valence-corrected chi connectivity index (χ1v) is 12.2. The fraction of sp³-hybridized carbons (Fsp3) is 0. The monoisotopic (exact) mass is 471 g/mol.